The van der Waals surface area contributed by atoms with E-state index in [2.05, 4.69) is 41.7 Å². The standard InChI is InChI=1S/C18H22N2O/c1-21-14-6-4-5-13(11-14)9-10-20-18-12-17(19)15-7-2-3-8-16(15)18/h2-8,11,17-18,20H,9-10,12,19H2,1H3. The molecule has 3 rings (SSSR count). The fraction of sp³-hybridized carbons (Fsp3) is 0.333. The Morgan fingerprint density at radius 2 is 1.95 bits per heavy atom. The zero-order chi connectivity index (χ0) is 14.7. The van der Waals surface area contributed by atoms with E-state index in [1.807, 2.05) is 12.1 Å². The molecule has 2 unspecified atom stereocenters. The number of fused-ring (bicyclic) bond motifs is 1. The number of ether oxygens (including phenoxy) is 1. The van der Waals surface area contributed by atoms with Crippen LogP contribution in [-0.4, -0.2) is 13.7 Å². The van der Waals surface area contributed by atoms with Crippen LogP contribution in [0.4, 0.5) is 0 Å². The molecule has 0 heterocycles. The van der Waals surface area contributed by atoms with Crippen LogP contribution in [0.3, 0.4) is 0 Å². The highest BCUT2D eigenvalue weighted by molar-refractivity contribution is 5.37. The topological polar surface area (TPSA) is 47.3 Å². The maximum Gasteiger partial charge on any atom is 0.119 e. The summed E-state index contributed by atoms with van der Waals surface area (Å²) in [6.45, 7) is 0.943. The van der Waals surface area contributed by atoms with E-state index >= 15 is 0 Å². The van der Waals surface area contributed by atoms with E-state index in [1.54, 1.807) is 7.11 Å². The van der Waals surface area contributed by atoms with Gasteiger partial charge in [-0.2, -0.15) is 0 Å². The summed E-state index contributed by atoms with van der Waals surface area (Å²) in [5, 5.41) is 3.63. The maximum atomic E-state index is 6.20. The van der Waals surface area contributed by atoms with E-state index in [0.29, 0.717) is 6.04 Å². The second kappa shape index (κ2) is 6.29. The van der Waals surface area contributed by atoms with E-state index < -0.39 is 0 Å². The van der Waals surface area contributed by atoms with Crippen molar-refractivity contribution in [2.24, 2.45) is 5.73 Å². The molecule has 0 aliphatic heterocycles. The molecule has 1 aliphatic rings. The lowest BCUT2D eigenvalue weighted by molar-refractivity contribution is 0.414. The summed E-state index contributed by atoms with van der Waals surface area (Å²) in [7, 11) is 1.70. The number of nitrogens with one attached hydrogen (secondary N) is 1. The van der Waals surface area contributed by atoms with Crippen LogP contribution in [0.15, 0.2) is 48.5 Å². The van der Waals surface area contributed by atoms with Crippen LogP contribution in [0, 0.1) is 0 Å². The van der Waals surface area contributed by atoms with Crippen molar-refractivity contribution < 1.29 is 4.74 Å². The van der Waals surface area contributed by atoms with Crippen molar-refractivity contribution >= 4 is 0 Å². The predicted octanol–water partition coefficient (Wildman–Crippen LogP) is 2.97. The minimum atomic E-state index is 0.163. The number of hydrogen-bond acceptors (Lipinski definition) is 3. The van der Waals surface area contributed by atoms with E-state index in [0.717, 1.165) is 25.1 Å². The van der Waals surface area contributed by atoms with Crippen molar-refractivity contribution in [3.05, 3.63) is 65.2 Å². The third kappa shape index (κ3) is 3.09. The van der Waals surface area contributed by atoms with Gasteiger partial charge in [-0.05, 0) is 48.2 Å². The highest BCUT2D eigenvalue weighted by atomic mass is 16.5. The van der Waals surface area contributed by atoms with Gasteiger partial charge >= 0.3 is 0 Å². The van der Waals surface area contributed by atoms with Crippen LogP contribution < -0.4 is 15.8 Å². The minimum absolute atomic E-state index is 0.163. The van der Waals surface area contributed by atoms with Gasteiger partial charge in [0.25, 0.3) is 0 Å². The summed E-state index contributed by atoms with van der Waals surface area (Å²) in [6, 6.07) is 17.3. The van der Waals surface area contributed by atoms with Crippen molar-refractivity contribution in [1.82, 2.24) is 5.32 Å². The van der Waals surface area contributed by atoms with Crippen LogP contribution in [0.25, 0.3) is 0 Å². The largest absolute Gasteiger partial charge is 0.497 e. The summed E-state index contributed by atoms with van der Waals surface area (Å²) < 4.78 is 5.26. The highest BCUT2D eigenvalue weighted by Crippen LogP contribution is 2.36. The van der Waals surface area contributed by atoms with Crippen molar-refractivity contribution in [3.63, 3.8) is 0 Å². The summed E-state index contributed by atoms with van der Waals surface area (Å²) >= 11 is 0. The Morgan fingerprint density at radius 3 is 2.76 bits per heavy atom. The number of methoxy groups -OCH3 is 1. The van der Waals surface area contributed by atoms with Gasteiger partial charge < -0.3 is 15.8 Å². The molecule has 0 fully saturated rings. The Kier molecular flexibility index (Phi) is 4.23. The van der Waals surface area contributed by atoms with Gasteiger partial charge in [0.05, 0.1) is 7.11 Å². The first-order valence-electron chi connectivity index (χ1n) is 7.48. The van der Waals surface area contributed by atoms with Crippen LogP contribution in [0.5, 0.6) is 5.75 Å². The van der Waals surface area contributed by atoms with Crippen LogP contribution in [0.1, 0.15) is 35.2 Å². The first-order valence-corrected chi connectivity index (χ1v) is 7.48. The van der Waals surface area contributed by atoms with E-state index in [-0.39, 0.29) is 6.04 Å². The molecule has 0 spiro atoms. The Labute approximate surface area is 126 Å². The summed E-state index contributed by atoms with van der Waals surface area (Å²) in [5.74, 6) is 0.917. The molecular formula is C18H22N2O. The molecule has 2 aromatic carbocycles. The van der Waals surface area contributed by atoms with Gasteiger partial charge in [0.1, 0.15) is 5.75 Å². The van der Waals surface area contributed by atoms with Gasteiger partial charge in [0, 0.05) is 12.1 Å². The van der Waals surface area contributed by atoms with Crippen LogP contribution in [0.2, 0.25) is 0 Å². The molecule has 21 heavy (non-hydrogen) atoms. The normalized spacial score (nSPS) is 20.3. The number of nitrogens with two attached hydrogens (primary N) is 1. The Balaban J connectivity index is 1.59. The highest BCUT2D eigenvalue weighted by Gasteiger charge is 2.27. The average Bonchev–Trinajstić information content (AvgIpc) is 2.85. The zero-order valence-electron chi connectivity index (χ0n) is 12.4. The molecule has 0 aromatic heterocycles. The van der Waals surface area contributed by atoms with Gasteiger partial charge in [-0.15, -0.1) is 0 Å². The molecule has 3 nitrogen and oxygen atoms in total. The fourth-order valence-electron chi connectivity index (χ4n) is 3.09. The lowest BCUT2D eigenvalue weighted by Gasteiger charge is -2.14. The van der Waals surface area contributed by atoms with Gasteiger partial charge in [-0.1, -0.05) is 36.4 Å². The maximum absolute atomic E-state index is 6.20. The first kappa shape index (κ1) is 14.1. The number of hydrogen-bond donors (Lipinski definition) is 2. The second-order valence-corrected chi connectivity index (χ2v) is 5.58. The monoisotopic (exact) mass is 282 g/mol. The van der Waals surface area contributed by atoms with Crippen molar-refractivity contribution in [3.8, 4) is 5.75 Å². The third-order valence-electron chi connectivity index (χ3n) is 4.20. The molecule has 2 aromatic rings. The molecule has 3 heteroatoms. The lowest BCUT2D eigenvalue weighted by atomic mass is 10.1. The molecule has 0 saturated heterocycles. The van der Waals surface area contributed by atoms with Crippen LogP contribution in [-0.2, 0) is 6.42 Å². The van der Waals surface area contributed by atoms with Crippen molar-refractivity contribution in [2.75, 3.05) is 13.7 Å². The van der Waals surface area contributed by atoms with Gasteiger partial charge in [0.2, 0.25) is 0 Å². The first-order chi connectivity index (χ1) is 10.3. The molecule has 3 N–H and O–H groups in total. The quantitative estimate of drug-likeness (QED) is 0.886. The molecule has 2 atom stereocenters. The molecule has 0 bridgehead atoms. The Morgan fingerprint density at radius 1 is 1.14 bits per heavy atom. The van der Waals surface area contributed by atoms with E-state index in [9.17, 15) is 0 Å². The molecule has 1 aliphatic carbocycles. The Bertz CT molecular complexity index is 612. The van der Waals surface area contributed by atoms with E-state index in [4.69, 9.17) is 10.5 Å². The fourth-order valence-corrected chi connectivity index (χ4v) is 3.09. The SMILES string of the molecule is COc1cccc(CCNC2CC(N)c3ccccc32)c1. The zero-order valence-corrected chi connectivity index (χ0v) is 12.4. The Hall–Kier alpha value is -1.84. The summed E-state index contributed by atoms with van der Waals surface area (Å²) in [4.78, 5) is 0. The summed E-state index contributed by atoms with van der Waals surface area (Å²) in [5.41, 5.74) is 10.1. The molecule has 110 valence electrons. The molecule has 0 amide bonds. The number of rotatable bonds is 5. The predicted molar refractivity (Wildman–Crippen MR) is 85.4 cm³/mol. The van der Waals surface area contributed by atoms with Gasteiger partial charge in [-0.3, -0.25) is 0 Å². The molecule has 0 radical (unpaired) electrons. The molecular weight excluding hydrogens is 260 g/mol. The van der Waals surface area contributed by atoms with Gasteiger partial charge in [0.15, 0.2) is 0 Å². The smallest absolute Gasteiger partial charge is 0.119 e. The number of benzene rings is 2. The second-order valence-electron chi connectivity index (χ2n) is 5.58. The van der Waals surface area contributed by atoms with E-state index in [1.165, 1.54) is 16.7 Å². The van der Waals surface area contributed by atoms with Crippen LogP contribution >= 0.6 is 0 Å². The van der Waals surface area contributed by atoms with Gasteiger partial charge in [-0.25, -0.2) is 0 Å². The molecule has 0 saturated carbocycles. The summed E-state index contributed by atoms with van der Waals surface area (Å²) in [6.07, 6.45) is 1.97. The minimum Gasteiger partial charge on any atom is -0.497 e. The average molecular weight is 282 g/mol. The third-order valence-corrected chi connectivity index (χ3v) is 4.20. The lowest BCUT2D eigenvalue weighted by Crippen LogP contribution is -2.22. The van der Waals surface area contributed by atoms with Crippen molar-refractivity contribution in [1.29, 1.82) is 0 Å². The van der Waals surface area contributed by atoms with Crippen molar-refractivity contribution in [2.45, 2.75) is 24.9 Å².